The van der Waals surface area contributed by atoms with Gasteiger partial charge in [-0.3, -0.25) is 4.79 Å². The molecule has 2 unspecified atom stereocenters. The Bertz CT molecular complexity index is 766. The predicted molar refractivity (Wildman–Crippen MR) is 94.2 cm³/mol. The van der Waals surface area contributed by atoms with Crippen LogP contribution < -0.4 is 14.8 Å². The largest absolute Gasteiger partial charge is 0.454 e. The van der Waals surface area contributed by atoms with Gasteiger partial charge in [-0.25, -0.2) is 4.79 Å². The lowest BCUT2D eigenvalue weighted by molar-refractivity contribution is -0.150. The van der Waals surface area contributed by atoms with Crippen LogP contribution in [0.25, 0.3) is 6.08 Å². The van der Waals surface area contributed by atoms with Crippen LogP contribution in [0.2, 0.25) is 0 Å². The zero-order valence-corrected chi connectivity index (χ0v) is 15.2. The first-order chi connectivity index (χ1) is 12.2. The van der Waals surface area contributed by atoms with Crippen LogP contribution >= 0.6 is 0 Å². The van der Waals surface area contributed by atoms with E-state index in [9.17, 15) is 14.9 Å². The minimum Gasteiger partial charge on any atom is -0.454 e. The molecule has 26 heavy (non-hydrogen) atoms. The van der Waals surface area contributed by atoms with Crippen LogP contribution in [0.4, 0.5) is 0 Å². The number of nitriles is 1. The predicted octanol–water partition coefficient (Wildman–Crippen LogP) is 2.41. The number of rotatable bonds is 6. The summed E-state index contributed by atoms with van der Waals surface area (Å²) in [6, 6.07) is 7.34. The molecular weight excluding hydrogens is 336 g/mol. The van der Waals surface area contributed by atoms with Crippen LogP contribution in [-0.4, -0.2) is 30.3 Å². The first-order valence-electron chi connectivity index (χ1n) is 8.27. The summed E-state index contributed by atoms with van der Waals surface area (Å²) in [4.78, 5) is 24.1. The Hall–Kier alpha value is -3.01. The Morgan fingerprint density at radius 3 is 2.65 bits per heavy atom. The highest BCUT2D eigenvalue weighted by Gasteiger charge is 2.32. The van der Waals surface area contributed by atoms with E-state index in [1.165, 1.54) is 13.0 Å². The Balaban J connectivity index is 1.92. The molecule has 0 radical (unpaired) electrons. The normalized spacial score (nSPS) is 16.0. The van der Waals surface area contributed by atoms with Gasteiger partial charge in [-0.05, 0) is 43.5 Å². The van der Waals surface area contributed by atoms with Crippen molar-refractivity contribution < 1.29 is 23.8 Å². The van der Waals surface area contributed by atoms with Crippen molar-refractivity contribution in [2.24, 2.45) is 5.92 Å². The first kappa shape index (κ1) is 19.3. The lowest BCUT2D eigenvalue weighted by atomic mass is 9.90. The molecule has 1 N–H and O–H groups in total. The summed E-state index contributed by atoms with van der Waals surface area (Å²) in [6.07, 6.45) is 1.77. The lowest BCUT2D eigenvalue weighted by Crippen LogP contribution is -2.52. The molecule has 1 heterocycles. The third-order valence-electron chi connectivity index (χ3n) is 4.24. The van der Waals surface area contributed by atoms with Gasteiger partial charge in [0.1, 0.15) is 5.54 Å². The molecule has 138 valence electrons. The van der Waals surface area contributed by atoms with Gasteiger partial charge in [0.2, 0.25) is 6.79 Å². The number of fused-ring (bicyclic) bond motifs is 1. The van der Waals surface area contributed by atoms with E-state index in [2.05, 4.69) is 11.4 Å². The lowest BCUT2D eigenvalue weighted by Gasteiger charge is -2.28. The second-order valence-corrected chi connectivity index (χ2v) is 6.48. The van der Waals surface area contributed by atoms with Crippen molar-refractivity contribution in [1.29, 1.82) is 5.26 Å². The fraction of sp³-hybridized carbons (Fsp3) is 0.421. The summed E-state index contributed by atoms with van der Waals surface area (Å²) in [6.45, 7) is 6.92. The van der Waals surface area contributed by atoms with Gasteiger partial charge < -0.3 is 19.5 Å². The molecule has 1 aromatic carbocycles. The van der Waals surface area contributed by atoms with E-state index >= 15 is 0 Å². The minimum absolute atomic E-state index is 0.0924. The Morgan fingerprint density at radius 2 is 2.00 bits per heavy atom. The fourth-order valence-corrected chi connectivity index (χ4v) is 2.11. The molecule has 1 aliphatic heterocycles. The maximum atomic E-state index is 12.2. The van der Waals surface area contributed by atoms with E-state index in [0.717, 1.165) is 5.56 Å². The minimum atomic E-state index is -1.03. The number of nitrogens with one attached hydrogen (secondary N) is 1. The first-order valence-corrected chi connectivity index (χ1v) is 8.27. The molecule has 1 amide bonds. The average molecular weight is 358 g/mol. The van der Waals surface area contributed by atoms with E-state index in [-0.39, 0.29) is 12.7 Å². The van der Waals surface area contributed by atoms with Gasteiger partial charge in [0.25, 0.3) is 5.91 Å². The fourth-order valence-electron chi connectivity index (χ4n) is 2.11. The summed E-state index contributed by atoms with van der Waals surface area (Å²) in [5.74, 6) is -0.00943. The molecule has 0 spiro atoms. The standard InChI is InChI=1S/C19H22N2O5/c1-12(2)19(4,10-20)21-18(23)13(3)26-17(22)8-6-14-5-7-15-16(9-14)25-11-24-15/h5-9,12-13H,11H2,1-4H3,(H,21,23)/b8-6+. The zero-order chi connectivity index (χ0) is 19.3. The summed E-state index contributed by atoms with van der Waals surface area (Å²) < 4.78 is 15.6. The molecular formula is C19H22N2O5. The second kappa shape index (κ2) is 7.91. The van der Waals surface area contributed by atoms with E-state index in [1.807, 2.05) is 13.8 Å². The van der Waals surface area contributed by atoms with Crippen molar-refractivity contribution in [3.8, 4) is 17.6 Å². The van der Waals surface area contributed by atoms with Gasteiger partial charge in [0.15, 0.2) is 17.6 Å². The van der Waals surface area contributed by atoms with Gasteiger partial charge in [-0.2, -0.15) is 5.26 Å². The maximum Gasteiger partial charge on any atom is 0.331 e. The summed E-state index contributed by atoms with van der Waals surface area (Å²) in [5.41, 5.74) is -0.291. The quantitative estimate of drug-likeness (QED) is 0.619. The molecule has 0 bridgehead atoms. The topological polar surface area (TPSA) is 97.7 Å². The SMILES string of the molecule is CC(OC(=O)/C=C/c1ccc2c(c1)OCO2)C(=O)NC(C)(C#N)C(C)C. The van der Waals surface area contributed by atoms with Crippen LogP contribution in [0.1, 0.15) is 33.3 Å². The Morgan fingerprint density at radius 1 is 1.31 bits per heavy atom. The number of carbonyl (C=O) groups is 2. The van der Waals surface area contributed by atoms with Gasteiger partial charge in [-0.1, -0.05) is 19.9 Å². The van der Waals surface area contributed by atoms with Crippen molar-refractivity contribution in [1.82, 2.24) is 5.32 Å². The maximum absolute atomic E-state index is 12.2. The third kappa shape index (κ3) is 4.54. The van der Waals surface area contributed by atoms with E-state index in [4.69, 9.17) is 14.2 Å². The number of esters is 1. The van der Waals surface area contributed by atoms with Crippen LogP contribution in [0, 0.1) is 17.2 Å². The number of hydrogen-bond donors (Lipinski definition) is 1. The van der Waals surface area contributed by atoms with Crippen molar-refractivity contribution in [2.45, 2.75) is 39.3 Å². The van der Waals surface area contributed by atoms with Crippen molar-refractivity contribution in [3.63, 3.8) is 0 Å². The molecule has 0 saturated carbocycles. The average Bonchev–Trinajstić information content (AvgIpc) is 3.07. The molecule has 1 aliphatic rings. The highest BCUT2D eigenvalue weighted by atomic mass is 16.7. The zero-order valence-electron chi connectivity index (χ0n) is 15.2. The van der Waals surface area contributed by atoms with Crippen molar-refractivity contribution >= 4 is 18.0 Å². The van der Waals surface area contributed by atoms with Gasteiger partial charge in [0.05, 0.1) is 6.07 Å². The Labute approximate surface area is 152 Å². The Kier molecular flexibility index (Phi) is 5.88. The number of carbonyl (C=O) groups excluding carboxylic acids is 2. The molecule has 0 saturated heterocycles. The monoisotopic (exact) mass is 358 g/mol. The van der Waals surface area contributed by atoms with Crippen LogP contribution in [-0.2, 0) is 14.3 Å². The van der Waals surface area contributed by atoms with E-state index in [1.54, 1.807) is 31.2 Å². The molecule has 0 fully saturated rings. The van der Waals surface area contributed by atoms with E-state index < -0.39 is 23.5 Å². The van der Waals surface area contributed by atoms with Gasteiger partial charge >= 0.3 is 5.97 Å². The third-order valence-corrected chi connectivity index (χ3v) is 4.24. The number of nitrogens with zero attached hydrogens (tertiary/aromatic N) is 1. The van der Waals surface area contributed by atoms with Crippen molar-refractivity contribution in [2.75, 3.05) is 6.79 Å². The molecule has 2 rings (SSSR count). The number of ether oxygens (including phenoxy) is 3. The van der Waals surface area contributed by atoms with Crippen LogP contribution in [0.5, 0.6) is 11.5 Å². The van der Waals surface area contributed by atoms with Gasteiger partial charge in [-0.15, -0.1) is 0 Å². The number of benzene rings is 1. The summed E-state index contributed by atoms with van der Waals surface area (Å²) in [7, 11) is 0. The van der Waals surface area contributed by atoms with Crippen molar-refractivity contribution in [3.05, 3.63) is 29.8 Å². The highest BCUT2D eigenvalue weighted by molar-refractivity contribution is 5.90. The van der Waals surface area contributed by atoms with E-state index in [0.29, 0.717) is 11.5 Å². The molecule has 7 nitrogen and oxygen atoms in total. The second-order valence-electron chi connectivity index (χ2n) is 6.48. The number of amides is 1. The highest BCUT2D eigenvalue weighted by Crippen LogP contribution is 2.32. The summed E-state index contributed by atoms with van der Waals surface area (Å²) in [5, 5.41) is 11.9. The molecule has 1 aromatic rings. The molecule has 0 aromatic heterocycles. The van der Waals surface area contributed by atoms with Crippen LogP contribution in [0.3, 0.4) is 0 Å². The molecule has 0 aliphatic carbocycles. The van der Waals surface area contributed by atoms with Gasteiger partial charge in [0, 0.05) is 6.08 Å². The van der Waals surface area contributed by atoms with Crippen LogP contribution in [0.15, 0.2) is 24.3 Å². The number of hydrogen-bond acceptors (Lipinski definition) is 6. The molecule has 2 atom stereocenters. The molecule has 7 heteroatoms. The summed E-state index contributed by atoms with van der Waals surface area (Å²) >= 11 is 0. The smallest absolute Gasteiger partial charge is 0.331 e.